The topological polar surface area (TPSA) is 80.4 Å². The Hall–Kier alpha value is -3.19. The van der Waals surface area contributed by atoms with Crippen molar-refractivity contribution in [3.63, 3.8) is 0 Å². The van der Waals surface area contributed by atoms with E-state index in [4.69, 9.17) is 0 Å². The molecule has 1 N–H and O–H groups in total. The van der Waals surface area contributed by atoms with Gasteiger partial charge in [-0.15, -0.1) is 0 Å². The number of benzene rings is 2. The van der Waals surface area contributed by atoms with Gasteiger partial charge in [0.2, 0.25) is 0 Å². The van der Waals surface area contributed by atoms with E-state index in [0.717, 1.165) is 37.2 Å². The third-order valence-electron chi connectivity index (χ3n) is 6.35. The van der Waals surface area contributed by atoms with E-state index in [9.17, 15) is 14.7 Å². The third-order valence-corrected chi connectivity index (χ3v) is 6.35. The number of rotatable bonds is 7. The molecule has 168 valence electrons. The Kier molecular flexibility index (Phi) is 6.55. The fourth-order valence-electron chi connectivity index (χ4n) is 4.47. The van der Waals surface area contributed by atoms with Gasteiger partial charge in [-0.3, -0.25) is 4.79 Å². The molecule has 1 aromatic heterocycles. The van der Waals surface area contributed by atoms with Crippen molar-refractivity contribution < 1.29 is 9.90 Å². The average Bonchev–Trinajstić information content (AvgIpc) is 3.20. The molecular weight excluding hydrogens is 404 g/mol. The summed E-state index contributed by atoms with van der Waals surface area (Å²) in [5, 5.41) is 13.9. The summed E-state index contributed by atoms with van der Waals surface area (Å²) in [7, 11) is 0. The van der Waals surface area contributed by atoms with Crippen molar-refractivity contribution in [3.8, 4) is 5.69 Å². The van der Waals surface area contributed by atoms with Gasteiger partial charge in [0.25, 0.3) is 0 Å². The van der Waals surface area contributed by atoms with Gasteiger partial charge >= 0.3 is 11.7 Å². The normalized spacial score (nSPS) is 16.3. The van der Waals surface area contributed by atoms with E-state index >= 15 is 0 Å². The summed E-state index contributed by atoms with van der Waals surface area (Å²) in [6, 6.07) is 17.6. The number of aromatic nitrogens is 3. The largest absolute Gasteiger partial charge is 0.481 e. The van der Waals surface area contributed by atoms with Crippen LogP contribution >= 0.6 is 0 Å². The lowest BCUT2D eigenvalue weighted by Gasteiger charge is -2.33. The maximum atomic E-state index is 12.5. The molecule has 1 aliphatic rings. The zero-order valence-corrected chi connectivity index (χ0v) is 18.6. The van der Waals surface area contributed by atoms with Gasteiger partial charge in [0, 0.05) is 6.54 Å². The molecule has 0 bridgehead atoms. The summed E-state index contributed by atoms with van der Waals surface area (Å²) >= 11 is 0. The lowest BCUT2D eigenvalue weighted by atomic mass is 9.88. The maximum Gasteiger partial charge on any atom is 0.350 e. The van der Waals surface area contributed by atoms with Crippen LogP contribution in [0.15, 0.2) is 65.7 Å². The lowest BCUT2D eigenvalue weighted by Crippen LogP contribution is -2.37. The quantitative estimate of drug-likeness (QED) is 0.614. The molecule has 0 saturated carbocycles. The summed E-state index contributed by atoms with van der Waals surface area (Å²) < 4.78 is 3.05. The van der Waals surface area contributed by atoms with Gasteiger partial charge in [0.1, 0.15) is 6.33 Å². The smallest absolute Gasteiger partial charge is 0.350 e. The van der Waals surface area contributed by atoms with Crippen LogP contribution in [0.2, 0.25) is 0 Å². The minimum atomic E-state index is -0.773. The molecular formula is C25H30N4O3. The maximum absolute atomic E-state index is 12.5. The third kappa shape index (κ3) is 4.67. The Balaban J connectivity index is 1.38. The van der Waals surface area contributed by atoms with Crippen molar-refractivity contribution in [1.29, 1.82) is 0 Å². The van der Waals surface area contributed by atoms with Crippen LogP contribution in [0.4, 0.5) is 0 Å². The highest BCUT2D eigenvalue weighted by atomic mass is 16.4. The van der Waals surface area contributed by atoms with Crippen molar-refractivity contribution in [2.45, 2.75) is 44.6 Å². The van der Waals surface area contributed by atoms with E-state index in [1.54, 1.807) is 10.9 Å². The van der Waals surface area contributed by atoms with Crippen LogP contribution in [0.5, 0.6) is 0 Å². The summed E-state index contributed by atoms with van der Waals surface area (Å²) in [5.74, 6) is -0.836. The molecule has 7 heteroatoms. The molecule has 0 spiro atoms. The molecule has 7 nitrogen and oxygen atoms in total. The molecule has 4 rings (SSSR count). The Morgan fingerprint density at radius 2 is 1.72 bits per heavy atom. The predicted octanol–water partition coefficient (Wildman–Crippen LogP) is 3.66. The molecule has 2 aromatic carbocycles. The molecule has 32 heavy (non-hydrogen) atoms. The minimum absolute atomic E-state index is 0.0239. The highest BCUT2D eigenvalue weighted by molar-refractivity contribution is 5.76. The minimum Gasteiger partial charge on any atom is -0.481 e. The number of hydrogen-bond acceptors (Lipinski definition) is 4. The number of nitrogens with zero attached hydrogens (tertiary/aromatic N) is 4. The standard InChI is InChI=1S/C25H30N4O3/c1-18(2)29-25(32)28(17-26-29)22-10-8-19(9-11-22)20-12-14-27(15-13-20)16-23(24(30)31)21-6-4-3-5-7-21/h3-11,17-18,20,23H,12-16H2,1-2H3,(H,30,31). The molecule has 1 unspecified atom stereocenters. The van der Waals surface area contributed by atoms with Gasteiger partial charge < -0.3 is 10.0 Å². The van der Waals surface area contributed by atoms with Gasteiger partial charge in [-0.25, -0.2) is 14.0 Å². The van der Waals surface area contributed by atoms with Crippen molar-refractivity contribution in [1.82, 2.24) is 19.2 Å². The van der Waals surface area contributed by atoms with Gasteiger partial charge in [0.05, 0.1) is 17.6 Å². The van der Waals surface area contributed by atoms with Crippen molar-refractivity contribution in [2.24, 2.45) is 0 Å². The molecule has 0 amide bonds. The van der Waals surface area contributed by atoms with Gasteiger partial charge in [-0.1, -0.05) is 42.5 Å². The van der Waals surface area contributed by atoms with E-state index in [0.29, 0.717) is 12.5 Å². The molecule has 2 heterocycles. The van der Waals surface area contributed by atoms with Crippen molar-refractivity contribution >= 4 is 5.97 Å². The monoisotopic (exact) mass is 434 g/mol. The van der Waals surface area contributed by atoms with Crippen LogP contribution in [0.25, 0.3) is 5.69 Å². The summed E-state index contributed by atoms with van der Waals surface area (Å²) in [4.78, 5) is 26.6. The van der Waals surface area contributed by atoms with E-state index in [1.165, 1.54) is 10.2 Å². The van der Waals surface area contributed by atoms with E-state index in [2.05, 4.69) is 22.1 Å². The SMILES string of the molecule is CC(C)n1ncn(-c2ccc(C3CCN(CC(C(=O)O)c4ccccc4)CC3)cc2)c1=O. The first-order valence-electron chi connectivity index (χ1n) is 11.2. The Morgan fingerprint density at radius 3 is 2.28 bits per heavy atom. The molecule has 3 aromatic rings. The highest BCUT2D eigenvalue weighted by Gasteiger charge is 2.27. The van der Waals surface area contributed by atoms with Crippen molar-refractivity contribution in [3.05, 3.63) is 82.5 Å². The first-order valence-corrected chi connectivity index (χ1v) is 11.2. The summed E-state index contributed by atoms with van der Waals surface area (Å²) in [6.45, 7) is 6.17. The molecule has 0 aliphatic carbocycles. The number of aliphatic carboxylic acids is 1. The van der Waals surface area contributed by atoms with Crippen LogP contribution < -0.4 is 5.69 Å². The fourth-order valence-corrected chi connectivity index (χ4v) is 4.47. The zero-order chi connectivity index (χ0) is 22.7. The van der Waals surface area contributed by atoms with E-state index in [-0.39, 0.29) is 11.7 Å². The summed E-state index contributed by atoms with van der Waals surface area (Å²) in [5.41, 5.74) is 2.80. The van der Waals surface area contributed by atoms with E-state index in [1.807, 2.05) is 56.3 Å². The fraction of sp³-hybridized carbons (Fsp3) is 0.400. The highest BCUT2D eigenvalue weighted by Crippen LogP contribution is 2.30. The lowest BCUT2D eigenvalue weighted by molar-refractivity contribution is -0.139. The molecule has 1 fully saturated rings. The average molecular weight is 435 g/mol. The second kappa shape index (κ2) is 9.53. The van der Waals surface area contributed by atoms with E-state index < -0.39 is 11.9 Å². The van der Waals surface area contributed by atoms with Crippen LogP contribution in [0.3, 0.4) is 0 Å². The molecule has 1 atom stereocenters. The molecule has 0 radical (unpaired) electrons. The van der Waals surface area contributed by atoms with Gasteiger partial charge in [0.15, 0.2) is 0 Å². The Bertz CT molecular complexity index is 1090. The zero-order valence-electron chi connectivity index (χ0n) is 18.6. The summed E-state index contributed by atoms with van der Waals surface area (Å²) in [6.07, 6.45) is 3.55. The number of hydrogen-bond donors (Lipinski definition) is 1. The van der Waals surface area contributed by atoms with Gasteiger partial charge in [-0.05, 0) is 69.0 Å². The number of piperidine rings is 1. The first-order chi connectivity index (χ1) is 15.4. The van der Waals surface area contributed by atoms with Crippen molar-refractivity contribution in [2.75, 3.05) is 19.6 Å². The molecule has 1 aliphatic heterocycles. The Morgan fingerprint density at radius 1 is 1.06 bits per heavy atom. The first kappa shape index (κ1) is 22.0. The Labute approximate surface area is 187 Å². The predicted molar refractivity (Wildman–Crippen MR) is 123 cm³/mol. The number of carboxylic acid groups (broad SMARTS) is 1. The second-order valence-electron chi connectivity index (χ2n) is 8.79. The van der Waals surface area contributed by atoms with Crippen LogP contribution in [0, 0.1) is 0 Å². The molecule has 1 saturated heterocycles. The van der Waals surface area contributed by atoms with Crippen LogP contribution in [-0.4, -0.2) is 50.0 Å². The van der Waals surface area contributed by atoms with Crippen LogP contribution in [-0.2, 0) is 4.79 Å². The van der Waals surface area contributed by atoms with Crippen LogP contribution in [0.1, 0.15) is 55.7 Å². The number of carbonyl (C=O) groups is 1. The van der Waals surface area contributed by atoms with Gasteiger partial charge in [-0.2, -0.15) is 5.10 Å². The number of carboxylic acids is 1. The second-order valence-corrected chi connectivity index (χ2v) is 8.79. The number of likely N-dealkylation sites (tertiary alicyclic amines) is 1.